The van der Waals surface area contributed by atoms with Crippen molar-refractivity contribution in [2.75, 3.05) is 6.54 Å². The molecule has 0 amide bonds. The average molecular weight is 245 g/mol. The summed E-state index contributed by atoms with van der Waals surface area (Å²) in [7, 11) is 0. The zero-order chi connectivity index (χ0) is 12.8. The molecule has 0 radical (unpaired) electrons. The fourth-order valence-electron chi connectivity index (χ4n) is 2.90. The molecule has 18 heavy (non-hydrogen) atoms. The van der Waals surface area contributed by atoms with E-state index in [0.29, 0.717) is 0 Å². The third-order valence-corrected chi connectivity index (χ3v) is 3.93. The van der Waals surface area contributed by atoms with Crippen LogP contribution in [0.5, 0.6) is 0 Å². The van der Waals surface area contributed by atoms with Crippen molar-refractivity contribution >= 4 is 0 Å². The van der Waals surface area contributed by atoms with Crippen LogP contribution in [-0.4, -0.2) is 11.7 Å². The van der Waals surface area contributed by atoms with Crippen molar-refractivity contribution in [1.82, 2.24) is 0 Å². The van der Waals surface area contributed by atoms with E-state index in [1.807, 2.05) is 30.3 Å². The molecule has 1 aliphatic carbocycles. The van der Waals surface area contributed by atoms with E-state index in [9.17, 15) is 5.11 Å². The van der Waals surface area contributed by atoms with Crippen molar-refractivity contribution in [2.45, 2.75) is 37.7 Å². The Balaban J connectivity index is 2.29. The van der Waals surface area contributed by atoms with E-state index < -0.39 is 5.60 Å². The van der Waals surface area contributed by atoms with Crippen LogP contribution in [0, 0.1) is 5.92 Å². The minimum absolute atomic E-state index is 0.123. The topological polar surface area (TPSA) is 69.0 Å². The highest BCUT2D eigenvalue weighted by Gasteiger charge is 2.38. The van der Waals surface area contributed by atoms with Gasteiger partial charge in [0.05, 0.1) is 12.1 Å². The molecule has 2 rings (SSSR count). The zero-order valence-electron chi connectivity index (χ0n) is 10.5. The molecule has 1 N–H and O–H groups in total. The number of benzene rings is 1. The molecule has 0 bridgehead atoms. The van der Waals surface area contributed by atoms with Crippen molar-refractivity contribution in [1.29, 1.82) is 0 Å². The van der Waals surface area contributed by atoms with Crippen molar-refractivity contribution < 1.29 is 5.11 Å². The summed E-state index contributed by atoms with van der Waals surface area (Å²) in [5, 5.41) is 14.6. The molecular weight excluding hydrogens is 226 g/mol. The molecule has 1 fully saturated rings. The van der Waals surface area contributed by atoms with E-state index in [0.717, 1.165) is 31.2 Å². The van der Waals surface area contributed by atoms with Crippen LogP contribution in [0.15, 0.2) is 35.4 Å². The molecular formula is C14H19N3O. The lowest BCUT2D eigenvalue weighted by Crippen LogP contribution is -2.39. The van der Waals surface area contributed by atoms with Gasteiger partial charge in [0.15, 0.2) is 0 Å². The lowest BCUT2D eigenvalue weighted by atomic mass is 9.73. The van der Waals surface area contributed by atoms with E-state index >= 15 is 0 Å². The standard InChI is InChI=1S/C14H19N3O/c15-17-16-11-14(18,12-7-3-1-4-8-12)13-9-5-2-6-10-13/h1,3-4,7-8,13,18H,2,5-6,9-11H2. The van der Waals surface area contributed by atoms with E-state index in [1.54, 1.807) is 0 Å². The highest BCUT2D eigenvalue weighted by Crippen LogP contribution is 2.39. The number of hydrogen-bond donors (Lipinski definition) is 1. The highest BCUT2D eigenvalue weighted by atomic mass is 16.3. The molecule has 4 nitrogen and oxygen atoms in total. The van der Waals surface area contributed by atoms with Gasteiger partial charge in [-0.05, 0) is 29.9 Å². The molecule has 1 aromatic carbocycles. The van der Waals surface area contributed by atoms with Crippen LogP contribution in [0.1, 0.15) is 37.7 Å². The summed E-state index contributed by atoms with van der Waals surface area (Å²) in [6.45, 7) is 0.123. The summed E-state index contributed by atoms with van der Waals surface area (Å²) in [6, 6.07) is 9.60. The maximum atomic E-state index is 11.0. The molecule has 0 aromatic heterocycles. The van der Waals surface area contributed by atoms with Gasteiger partial charge in [-0.1, -0.05) is 54.7 Å². The molecule has 1 atom stereocenters. The monoisotopic (exact) mass is 245 g/mol. The second kappa shape index (κ2) is 5.89. The molecule has 1 saturated carbocycles. The fourth-order valence-corrected chi connectivity index (χ4v) is 2.90. The maximum Gasteiger partial charge on any atom is 0.0980 e. The summed E-state index contributed by atoms with van der Waals surface area (Å²) < 4.78 is 0. The number of nitrogens with zero attached hydrogens (tertiary/aromatic N) is 3. The summed E-state index contributed by atoms with van der Waals surface area (Å²) in [6.07, 6.45) is 5.55. The van der Waals surface area contributed by atoms with Crippen molar-refractivity contribution in [2.24, 2.45) is 11.0 Å². The lowest BCUT2D eigenvalue weighted by Gasteiger charge is -2.38. The Morgan fingerprint density at radius 3 is 2.50 bits per heavy atom. The lowest BCUT2D eigenvalue weighted by molar-refractivity contribution is -0.0303. The Kier molecular flexibility index (Phi) is 4.24. The van der Waals surface area contributed by atoms with Gasteiger partial charge < -0.3 is 5.11 Å². The summed E-state index contributed by atoms with van der Waals surface area (Å²) >= 11 is 0. The summed E-state index contributed by atoms with van der Waals surface area (Å²) in [5.74, 6) is 0.194. The third-order valence-electron chi connectivity index (χ3n) is 3.93. The Morgan fingerprint density at radius 2 is 1.89 bits per heavy atom. The molecule has 0 saturated heterocycles. The largest absolute Gasteiger partial charge is 0.385 e. The number of rotatable bonds is 4. The minimum Gasteiger partial charge on any atom is -0.385 e. The van der Waals surface area contributed by atoms with Gasteiger partial charge >= 0.3 is 0 Å². The van der Waals surface area contributed by atoms with E-state index in [-0.39, 0.29) is 12.5 Å². The van der Waals surface area contributed by atoms with Gasteiger partial charge in [-0.2, -0.15) is 0 Å². The van der Waals surface area contributed by atoms with Gasteiger partial charge in [0.1, 0.15) is 0 Å². The van der Waals surface area contributed by atoms with Gasteiger partial charge in [0.2, 0.25) is 0 Å². The average Bonchev–Trinajstić information content (AvgIpc) is 2.46. The first-order valence-corrected chi connectivity index (χ1v) is 6.56. The molecule has 4 heteroatoms. The van der Waals surface area contributed by atoms with Gasteiger partial charge in [0.25, 0.3) is 0 Å². The summed E-state index contributed by atoms with van der Waals surface area (Å²) in [4.78, 5) is 2.81. The molecule has 1 unspecified atom stereocenters. The predicted octanol–water partition coefficient (Wildman–Crippen LogP) is 3.76. The first kappa shape index (κ1) is 12.9. The van der Waals surface area contributed by atoms with E-state index in [4.69, 9.17) is 5.53 Å². The number of hydrogen-bond acceptors (Lipinski definition) is 2. The molecule has 1 aromatic rings. The van der Waals surface area contributed by atoms with Crippen LogP contribution in [-0.2, 0) is 5.60 Å². The van der Waals surface area contributed by atoms with Crippen LogP contribution in [0.3, 0.4) is 0 Å². The highest BCUT2D eigenvalue weighted by molar-refractivity contribution is 5.24. The van der Waals surface area contributed by atoms with E-state index in [2.05, 4.69) is 10.0 Å². The third kappa shape index (κ3) is 2.66. The minimum atomic E-state index is -1.01. The number of azide groups is 1. The molecule has 0 spiro atoms. The molecule has 0 heterocycles. The predicted molar refractivity (Wildman–Crippen MR) is 70.9 cm³/mol. The van der Waals surface area contributed by atoms with Crippen LogP contribution >= 0.6 is 0 Å². The fraction of sp³-hybridized carbons (Fsp3) is 0.571. The molecule has 0 aliphatic heterocycles. The molecule has 96 valence electrons. The van der Waals surface area contributed by atoms with Gasteiger partial charge in [-0.3, -0.25) is 0 Å². The smallest absolute Gasteiger partial charge is 0.0980 e. The molecule has 1 aliphatic rings. The Bertz CT molecular complexity index is 422. The quantitative estimate of drug-likeness (QED) is 0.489. The first-order valence-electron chi connectivity index (χ1n) is 6.56. The van der Waals surface area contributed by atoms with Crippen LogP contribution in [0.2, 0.25) is 0 Å². The van der Waals surface area contributed by atoms with Crippen LogP contribution < -0.4 is 0 Å². The second-order valence-corrected chi connectivity index (χ2v) is 5.01. The SMILES string of the molecule is [N-]=[N+]=NCC(O)(c1ccccc1)C1CCCCC1. The van der Waals surface area contributed by atoms with Gasteiger partial charge in [0, 0.05) is 4.91 Å². The van der Waals surface area contributed by atoms with Crippen molar-refractivity contribution in [3.05, 3.63) is 46.3 Å². The van der Waals surface area contributed by atoms with Crippen molar-refractivity contribution in [3.63, 3.8) is 0 Å². The normalized spacial score (nSPS) is 19.8. The van der Waals surface area contributed by atoms with Gasteiger partial charge in [-0.25, -0.2) is 0 Å². The Hall–Kier alpha value is -1.51. The number of aliphatic hydroxyl groups is 1. The first-order chi connectivity index (χ1) is 8.77. The Labute approximate surface area is 107 Å². The maximum absolute atomic E-state index is 11.0. The van der Waals surface area contributed by atoms with Crippen molar-refractivity contribution in [3.8, 4) is 0 Å². The summed E-state index contributed by atoms with van der Waals surface area (Å²) in [5.41, 5.74) is 8.38. The van der Waals surface area contributed by atoms with Crippen LogP contribution in [0.25, 0.3) is 10.4 Å². The Morgan fingerprint density at radius 1 is 1.22 bits per heavy atom. The second-order valence-electron chi connectivity index (χ2n) is 5.01. The van der Waals surface area contributed by atoms with Gasteiger partial charge in [-0.15, -0.1) is 0 Å². The van der Waals surface area contributed by atoms with E-state index in [1.165, 1.54) is 6.42 Å². The zero-order valence-corrected chi connectivity index (χ0v) is 10.5. The van der Waals surface area contributed by atoms with Crippen LogP contribution in [0.4, 0.5) is 0 Å².